The zero-order chi connectivity index (χ0) is 40.4. The molecule has 5 unspecified atom stereocenters. The van der Waals surface area contributed by atoms with Gasteiger partial charge in [-0.3, -0.25) is 9.36 Å². The monoisotopic (exact) mass is 789 g/mol. The molecule has 0 aliphatic carbocycles. The van der Waals surface area contributed by atoms with Gasteiger partial charge in [0, 0.05) is 25.2 Å². The van der Waals surface area contributed by atoms with E-state index in [4.69, 9.17) is 28.0 Å². The van der Waals surface area contributed by atoms with Crippen LogP contribution in [-0.2, 0) is 28.9 Å². The molecule has 1 amide bonds. The summed E-state index contributed by atoms with van der Waals surface area (Å²) in [7, 11) is 1.24. The van der Waals surface area contributed by atoms with Gasteiger partial charge in [-0.15, -0.1) is 0 Å². The average Bonchev–Trinajstić information content (AvgIpc) is 3.49. The summed E-state index contributed by atoms with van der Waals surface area (Å²) in [5.41, 5.74) is 0.172. The first kappa shape index (κ1) is 42.4. The van der Waals surface area contributed by atoms with Gasteiger partial charge in [0.1, 0.15) is 35.1 Å². The van der Waals surface area contributed by atoms with Crippen molar-refractivity contribution < 1.29 is 37.2 Å². The second-order valence-electron chi connectivity index (χ2n) is 13.6. The summed E-state index contributed by atoms with van der Waals surface area (Å²) in [6, 6.07) is 28.0. The van der Waals surface area contributed by atoms with Crippen molar-refractivity contribution in [3.8, 4) is 17.6 Å². The van der Waals surface area contributed by atoms with Crippen molar-refractivity contribution in [2.75, 3.05) is 32.8 Å². The van der Waals surface area contributed by atoms with E-state index in [1.54, 1.807) is 14.2 Å². The van der Waals surface area contributed by atoms with Crippen LogP contribution in [0.3, 0.4) is 0 Å². The van der Waals surface area contributed by atoms with Gasteiger partial charge in [0.25, 0.3) is 8.53 Å². The van der Waals surface area contributed by atoms with Crippen LogP contribution < -0.4 is 20.5 Å². The van der Waals surface area contributed by atoms with E-state index in [-0.39, 0.29) is 37.5 Å². The smallest absolute Gasteiger partial charge is 0.351 e. The second-order valence-corrected chi connectivity index (χ2v) is 15.0. The Morgan fingerprint density at radius 2 is 1.54 bits per heavy atom. The number of rotatable bonds is 18. The molecular formula is C41H49FN5O8P. The van der Waals surface area contributed by atoms with Gasteiger partial charge in [0.2, 0.25) is 5.91 Å². The standard InChI is InChI=1S/C41H49FN5O8P/c1-27(2)47(28(3)4)56(53-25-11-23-43)55-38-35(54-39(37(38)42)46-24-22-36(44-29(5)48)45-40(46)49)26-52-41(30-12-9-8-10-13-30,31-14-18-33(50-6)19-15-31)32-16-20-34(51-7)21-17-32/h8-10,12-22,24,27-28,35,37-39H,11,25-26H2,1-7H3,(H,44,45,48,49). The zero-order valence-electron chi connectivity index (χ0n) is 32.6. The molecule has 15 heteroatoms. The fourth-order valence-corrected chi connectivity index (χ4v) is 8.48. The van der Waals surface area contributed by atoms with Gasteiger partial charge < -0.3 is 33.3 Å². The number of hydrogen-bond donors (Lipinski definition) is 1. The van der Waals surface area contributed by atoms with Gasteiger partial charge in [-0.05, 0) is 74.7 Å². The number of ether oxygens (including phenoxy) is 4. The van der Waals surface area contributed by atoms with E-state index < -0.39 is 50.3 Å². The van der Waals surface area contributed by atoms with Crippen LogP contribution in [0.2, 0.25) is 0 Å². The van der Waals surface area contributed by atoms with Crippen LogP contribution in [0.15, 0.2) is 95.9 Å². The van der Waals surface area contributed by atoms with Crippen molar-refractivity contribution in [2.45, 2.75) is 83.3 Å². The summed E-state index contributed by atoms with van der Waals surface area (Å²) in [5, 5.41) is 11.8. The van der Waals surface area contributed by atoms with E-state index in [0.29, 0.717) is 11.5 Å². The quantitative estimate of drug-likeness (QED) is 0.0625. The molecule has 1 aliphatic rings. The number of halogens is 1. The number of carbonyl (C=O) groups excluding carboxylic acids is 1. The number of nitrogens with one attached hydrogen (secondary N) is 1. The van der Waals surface area contributed by atoms with Crippen LogP contribution in [0.4, 0.5) is 10.2 Å². The molecule has 13 nitrogen and oxygen atoms in total. The number of alkyl halides is 1. The molecule has 5 rings (SSSR count). The summed E-state index contributed by atoms with van der Waals surface area (Å²) in [6.45, 7) is 9.06. The molecule has 3 aromatic carbocycles. The van der Waals surface area contributed by atoms with Gasteiger partial charge >= 0.3 is 5.69 Å². The Morgan fingerprint density at radius 3 is 2.04 bits per heavy atom. The number of nitriles is 1. The Hall–Kier alpha value is -4.74. The molecule has 4 aromatic rings. The Balaban J connectivity index is 1.62. The van der Waals surface area contributed by atoms with Crippen LogP contribution in [0.1, 0.15) is 64.0 Å². The molecule has 1 aliphatic heterocycles. The SMILES string of the molecule is COc1ccc(C(OCC2OC(n3ccc(NC(C)=O)nc3=O)C(F)C2OP(OCCC#N)N(C(C)C)C(C)C)(c2ccccc2)c2ccc(OC)cc2)cc1. The molecule has 0 radical (unpaired) electrons. The van der Waals surface area contributed by atoms with Crippen LogP contribution in [0.5, 0.6) is 11.5 Å². The lowest BCUT2D eigenvalue weighted by Crippen LogP contribution is -2.41. The fourth-order valence-electron chi connectivity index (χ4n) is 6.71. The van der Waals surface area contributed by atoms with Crippen molar-refractivity contribution >= 4 is 20.3 Å². The predicted octanol–water partition coefficient (Wildman–Crippen LogP) is 7.12. The first-order valence-electron chi connectivity index (χ1n) is 18.3. The molecule has 5 atom stereocenters. The third kappa shape index (κ3) is 9.61. The number of anilines is 1. The lowest BCUT2D eigenvalue weighted by molar-refractivity contribution is -0.114. The number of amides is 1. The third-order valence-electron chi connectivity index (χ3n) is 9.19. The first-order valence-corrected chi connectivity index (χ1v) is 19.5. The highest BCUT2D eigenvalue weighted by atomic mass is 31.2. The largest absolute Gasteiger partial charge is 0.497 e. The highest BCUT2D eigenvalue weighted by Gasteiger charge is 2.51. The molecular weight excluding hydrogens is 740 g/mol. The molecule has 1 N–H and O–H groups in total. The van der Waals surface area contributed by atoms with Crippen molar-refractivity contribution in [2.24, 2.45) is 0 Å². The number of benzene rings is 3. The van der Waals surface area contributed by atoms with Crippen LogP contribution >= 0.6 is 8.53 Å². The van der Waals surface area contributed by atoms with Crippen molar-refractivity contribution in [3.63, 3.8) is 0 Å². The molecule has 1 aromatic heterocycles. The minimum Gasteiger partial charge on any atom is -0.497 e. The molecule has 56 heavy (non-hydrogen) atoms. The second kappa shape index (κ2) is 19.4. The summed E-state index contributed by atoms with van der Waals surface area (Å²) in [6.07, 6.45) is -4.36. The minimum absolute atomic E-state index is 0.0189. The molecule has 1 saturated heterocycles. The number of carbonyl (C=O) groups is 1. The Bertz CT molecular complexity index is 1920. The zero-order valence-corrected chi connectivity index (χ0v) is 33.5. The van der Waals surface area contributed by atoms with Gasteiger partial charge in [0.05, 0.1) is 39.9 Å². The number of methoxy groups -OCH3 is 2. The van der Waals surface area contributed by atoms with Gasteiger partial charge in [-0.1, -0.05) is 54.6 Å². The maximum absolute atomic E-state index is 17.1. The Morgan fingerprint density at radius 1 is 0.964 bits per heavy atom. The fraction of sp³-hybridized carbons (Fsp3) is 0.415. The predicted molar refractivity (Wildman–Crippen MR) is 210 cm³/mol. The lowest BCUT2D eigenvalue weighted by atomic mass is 9.80. The van der Waals surface area contributed by atoms with Crippen molar-refractivity contribution in [1.82, 2.24) is 14.2 Å². The molecule has 0 spiro atoms. The Labute approximate surface area is 328 Å². The van der Waals surface area contributed by atoms with E-state index >= 15 is 4.39 Å². The maximum atomic E-state index is 17.1. The molecule has 2 heterocycles. The first-order chi connectivity index (χ1) is 26.9. The van der Waals surface area contributed by atoms with E-state index in [2.05, 4.69) is 16.4 Å². The third-order valence-corrected chi connectivity index (χ3v) is 11.3. The maximum Gasteiger partial charge on any atom is 0.351 e. The minimum atomic E-state index is -1.94. The normalized spacial score (nSPS) is 18.9. The van der Waals surface area contributed by atoms with Gasteiger partial charge in [0.15, 0.2) is 12.4 Å². The van der Waals surface area contributed by atoms with E-state index in [1.165, 1.54) is 19.2 Å². The number of nitrogens with zero attached hydrogens (tertiary/aromatic N) is 4. The Kier molecular flexibility index (Phi) is 14.7. The molecule has 1 fully saturated rings. The van der Waals surface area contributed by atoms with Crippen LogP contribution in [-0.4, -0.2) is 78.0 Å². The number of hydrogen-bond acceptors (Lipinski definition) is 11. The van der Waals surface area contributed by atoms with E-state index in [1.807, 2.05) is 111 Å². The van der Waals surface area contributed by atoms with Gasteiger partial charge in [-0.2, -0.15) is 10.2 Å². The van der Waals surface area contributed by atoms with Crippen molar-refractivity contribution in [3.05, 3.63) is 118 Å². The topological polar surface area (TPSA) is 146 Å². The van der Waals surface area contributed by atoms with Crippen LogP contribution in [0.25, 0.3) is 0 Å². The summed E-state index contributed by atoms with van der Waals surface area (Å²) < 4.78 is 57.5. The molecule has 298 valence electrons. The highest BCUT2D eigenvalue weighted by Crippen LogP contribution is 2.51. The summed E-state index contributed by atoms with van der Waals surface area (Å²) in [5.74, 6) is 0.898. The molecule has 0 saturated carbocycles. The van der Waals surface area contributed by atoms with E-state index in [9.17, 15) is 14.9 Å². The lowest BCUT2D eigenvalue weighted by Gasteiger charge is -2.39. The van der Waals surface area contributed by atoms with Crippen molar-refractivity contribution in [1.29, 1.82) is 5.26 Å². The summed E-state index contributed by atoms with van der Waals surface area (Å²) in [4.78, 5) is 28.9. The molecule has 0 bridgehead atoms. The average molecular weight is 790 g/mol. The van der Waals surface area contributed by atoms with Crippen LogP contribution in [0, 0.1) is 11.3 Å². The summed E-state index contributed by atoms with van der Waals surface area (Å²) >= 11 is 0. The van der Waals surface area contributed by atoms with E-state index in [0.717, 1.165) is 21.3 Å². The van der Waals surface area contributed by atoms with Gasteiger partial charge in [-0.25, -0.2) is 13.9 Å². The number of aromatic nitrogens is 2. The highest BCUT2D eigenvalue weighted by molar-refractivity contribution is 7.44.